The van der Waals surface area contributed by atoms with Crippen molar-refractivity contribution < 1.29 is 8.22 Å². The molecule has 1 nitrogen and oxygen atoms in total. The fourth-order valence-electron chi connectivity index (χ4n) is 2.55. The number of benzene rings is 2. The van der Waals surface area contributed by atoms with Gasteiger partial charge in [-0.2, -0.15) is 0 Å². The zero-order valence-electron chi connectivity index (χ0n) is 17.1. The molecular weight excluding hydrogens is 274 g/mol. The molecule has 0 atom stereocenters. The van der Waals surface area contributed by atoms with Gasteiger partial charge in [0.15, 0.2) is 0 Å². The van der Waals surface area contributed by atoms with E-state index in [1.54, 1.807) is 11.3 Å². The number of fused-ring (bicyclic) bond motifs is 3. The Balaban J connectivity index is 1.99. The van der Waals surface area contributed by atoms with Gasteiger partial charge in [0.2, 0.25) is 0 Å². The minimum atomic E-state index is -2.53. The molecule has 2 aromatic carbocycles. The lowest BCUT2D eigenvalue weighted by Gasteiger charge is -2.05. The van der Waals surface area contributed by atoms with Gasteiger partial charge in [0.05, 0.1) is 5.69 Å². The molecule has 2 aromatic heterocycles. The van der Waals surface area contributed by atoms with Crippen molar-refractivity contribution >= 4 is 31.5 Å². The summed E-state index contributed by atoms with van der Waals surface area (Å²) in [5.41, 5.74) is 0.864. The lowest BCUT2D eigenvalue weighted by Crippen LogP contribution is -1.88. The number of nitrogens with zero attached hydrogens (tertiary/aromatic N) is 1. The van der Waals surface area contributed by atoms with Gasteiger partial charge in [-0.05, 0) is 37.0 Å². The summed E-state index contributed by atoms with van der Waals surface area (Å²) in [5, 5.41) is 2.21. The van der Waals surface area contributed by atoms with Crippen LogP contribution in [0.2, 0.25) is 0 Å². The van der Waals surface area contributed by atoms with E-state index < -0.39 is 13.7 Å². The molecule has 0 bridgehead atoms. The predicted octanol–water partition coefficient (Wildman–Crippen LogP) is 5.73. The first-order valence-electron chi connectivity index (χ1n) is 9.58. The number of rotatable bonds is 1. The number of hydrogen-bond acceptors (Lipinski definition) is 2. The van der Waals surface area contributed by atoms with Gasteiger partial charge in [-0.25, -0.2) is 0 Å². The quantitative estimate of drug-likeness (QED) is 0.437. The third-order valence-electron chi connectivity index (χ3n) is 3.58. The van der Waals surface area contributed by atoms with E-state index in [2.05, 4.69) is 11.1 Å². The SMILES string of the molecule is [2H]C([2H])([2H])c1cnc(-c2cccc3c2sc2ccccc23)cc1C([2H])([2H])[2H]. The number of aromatic nitrogens is 1. The Kier molecular flexibility index (Phi) is 1.72. The molecule has 0 unspecified atom stereocenters. The van der Waals surface area contributed by atoms with Crippen molar-refractivity contribution in [3.63, 3.8) is 0 Å². The maximum absolute atomic E-state index is 7.76. The van der Waals surface area contributed by atoms with Crippen molar-refractivity contribution in [3.8, 4) is 11.3 Å². The number of pyridine rings is 1. The molecule has 0 aliphatic rings. The highest BCUT2D eigenvalue weighted by atomic mass is 32.1. The first kappa shape index (κ1) is 7.71. The molecule has 102 valence electrons. The first-order valence-corrected chi connectivity index (χ1v) is 7.39. The smallest absolute Gasteiger partial charge is 0.0719 e. The molecule has 2 heteroatoms. The Morgan fingerprint density at radius 2 is 1.81 bits per heavy atom. The van der Waals surface area contributed by atoms with Crippen LogP contribution in [0.4, 0.5) is 0 Å². The van der Waals surface area contributed by atoms with Crippen LogP contribution in [0.25, 0.3) is 31.4 Å². The second kappa shape index (κ2) is 4.68. The highest BCUT2D eigenvalue weighted by Gasteiger charge is 2.11. The van der Waals surface area contributed by atoms with E-state index in [1.807, 2.05) is 36.4 Å². The van der Waals surface area contributed by atoms with Gasteiger partial charge in [-0.15, -0.1) is 11.3 Å². The van der Waals surface area contributed by atoms with Crippen molar-refractivity contribution in [2.45, 2.75) is 13.7 Å². The molecule has 0 saturated carbocycles. The summed E-state index contributed by atoms with van der Waals surface area (Å²) in [5.74, 6) is 0. The number of hydrogen-bond donors (Lipinski definition) is 0. The van der Waals surface area contributed by atoms with Crippen LogP contribution in [0.1, 0.15) is 19.4 Å². The van der Waals surface area contributed by atoms with Gasteiger partial charge >= 0.3 is 0 Å². The van der Waals surface area contributed by atoms with Gasteiger partial charge in [0.1, 0.15) is 0 Å². The van der Waals surface area contributed by atoms with Crippen LogP contribution in [0.5, 0.6) is 0 Å². The molecule has 2 heterocycles. The monoisotopic (exact) mass is 295 g/mol. The summed E-state index contributed by atoms with van der Waals surface area (Å²) in [6.07, 6.45) is 1.18. The molecule has 4 rings (SSSR count). The maximum atomic E-state index is 7.76. The topological polar surface area (TPSA) is 12.9 Å². The predicted molar refractivity (Wildman–Crippen MR) is 92.0 cm³/mol. The van der Waals surface area contributed by atoms with Gasteiger partial charge < -0.3 is 0 Å². The minimum Gasteiger partial charge on any atom is -0.256 e. The average molecular weight is 295 g/mol. The summed E-state index contributed by atoms with van der Waals surface area (Å²) >= 11 is 1.61. The molecule has 4 aromatic rings. The third-order valence-corrected chi connectivity index (χ3v) is 4.80. The number of thiophene rings is 1. The van der Waals surface area contributed by atoms with Crippen molar-refractivity contribution in [3.05, 3.63) is 65.9 Å². The first-order chi connectivity index (χ1) is 12.7. The van der Waals surface area contributed by atoms with E-state index >= 15 is 0 Å². The summed E-state index contributed by atoms with van der Waals surface area (Å²) < 4.78 is 48.3. The lowest BCUT2D eigenvalue weighted by atomic mass is 10.0. The van der Waals surface area contributed by atoms with Gasteiger partial charge in [0, 0.05) is 40.2 Å². The van der Waals surface area contributed by atoms with Gasteiger partial charge in [0.25, 0.3) is 0 Å². The minimum absolute atomic E-state index is 0.175. The van der Waals surface area contributed by atoms with E-state index in [9.17, 15) is 0 Å². The molecule has 0 fully saturated rings. The van der Waals surface area contributed by atoms with Crippen molar-refractivity contribution in [1.29, 1.82) is 0 Å². The second-order valence-electron chi connectivity index (χ2n) is 4.90. The maximum Gasteiger partial charge on any atom is 0.0719 e. The van der Waals surface area contributed by atoms with Crippen LogP contribution in [0.3, 0.4) is 0 Å². The Labute approximate surface area is 136 Å². The van der Waals surface area contributed by atoms with Crippen LogP contribution in [-0.4, -0.2) is 4.98 Å². The summed E-state index contributed by atoms with van der Waals surface area (Å²) in [6.45, 7) is -5.06. The van der Waals surface area contributed by atoms with E-state index in [4.69, 9.17) is 8.22 Å². The fraction of sp³-hybridized carbons (Fsp3) is 0.105. The Hall–Kier alpha value is -2.19. The van der Waals surface area contributed by atoms with Crippen LogP contribution in [-0.2, 0) is 0 Å². The van der Waals surface area contributed by atoms with Crippen LogP contribution in [0, 0.1) is 13.7 Å². The Morgan fingerprint density at radius 1 is 0.952 bits per heavy atom. The average Bonchev–Trinajstić information content (AvgIpc) is 2.98. The van der Waals surface area contributed by atoms with E-state index in [0.717, 1.165) is 25.7 Å². The lowest BCUT2D eigenvalue weighted by molar-refractivity contribution is 1.22. The fourth-order valence-corrected chi connectivity index (χ4v) is 3.78. The molecule has 0 aliphatic carbocycles. The summed E-state index contributed by atoms with van der Waals surface area (Å²) in [6, 6.07) is 15.3. The van der Waals surface area contributed by atoms with Crippen molar-refractivity contribution in [2.75, 3.05) is 0 Å². The molecule has 0 radical (unpaired) electrons. The highest BCUT2D eigenvalue weighted by Crippen LogP contribution is 2.39. The number of aryl methyl sites for hydroxylation is 2. The van der Waals surface area contributed by atoms with Crippen LogP contribution in [0.15, 0.2) is 54.7 Å². The van der Waals surface area contributed by atoms with Gasteiger partial charge in [-0.1, -0.05) is 36.4 Å². The summed E-state index contributed by atoms with van der Waals surface area (Å²) in [4.78, 5) is 4.31. The Bertz CT molecular complexity index is 1160. The van der Waals surface area contributed by atoms with E-state index in [-0.39, 0.29) is 11.1 Å². The van der Waals surface area contributed by atoms with Crippen molar-refractivity contribution in [2.24, 2.45) is 0 Å². The van der Waals surface area contributed by atoms with E-state index in [0.29, 0.717) is 5.69 Å². The standard InChI is InChI=1S/C19H15NS/c1-12-10-17(20-11-13(12)2)16-8-5-7-15-14-6-3-4-9-18(14)21-19(15)16/h3-11H,1-2H3/i1D3,2D3. The molecule has 0 saturated heterocycles. The van der Waals surface area contributed by atoms with E-state index in [1.165, 1.54) is 12.3 Å². The largest absolute Gasteiger partial charge is 0.256 e. The molecule has 21 heavy (non-hydrogen) atoms. The molecule has 0 N–H and O–H groups in total. The Morgan fingerprint density at radius 3 is 2.71 bits per heavy atom. The van der Waals surface area contributed by atoms with Crippen LogP contribution >= 0.6 is 11.3 Å². The molecule has 0 spiro atoms. The zero-order chi connectivity index (χ0) is 19.4. The highest BCUT2D eigenvalue weighted by molar-refractivity contribution is 7.26. The van der Waals surface area contributed by atoms with Crippen LogP contribution < -0.4 is 0 Å². The molecule has 0 amide bonds. The third kappa shape index (κ3) is 1.95. The molecule has 0 aliphatic heterocycles. The molecular formula is C19H15NS. The van der Waals surface area contributed by atoms with Gasteiger partial charge in [-0.3, -0.25) is 4.98 Å². The normalized spacial score (nSPS) is 16.8. The zero-order valence-corrected chi connectivity index (χ0v) is 11.9. The second-order valence-corrected chi connectivity index (χ2v) is 5.95. The summed E-state index contributed by atoms with van der Waals surface area (Å²) in [7, 11) is 0. The van der Waals surface area contributed by atoms with Crippen molar-refractivity contribution in [1.82, 2.24) is 4.98 Å².